The first-order chi connectivity index (χ1) is 12.8. The number of rotatable bonds is 6. The van der Waals surface area contributed by atoms with Crippen LogP contribution in [0.4, 0.5) is 0 Å². The van der Waals surface area contributed by atoms with Crippen LogP contribution in [0.15, 0.2) is 51.8 Å². The van der Waals surface area contributed by atoms with E-state index in [9.17, 15) is 4.79 Å². The fraction of sp³-hybridized carbons (Fsp3) is 0.350. The number of thioether (sulfide) groups is 1. The van der Waals surface area contributed by atoms with Crippen molar-refractivity contribution in [2.24, 2.45) is 0 Å². The summed E-state index contributed by atoms with van der Waals surface area (Å²) in [6.45, 7) is 5.04. The zero-order valence-electron chi connectivity index (χ0n) is 14.6. The number of ether oxygens (including phenoxy) is 1. The van der Waals surface area contributed by atoms with Crippen LogP contribution in [0.3, 0.4) is 0 Å². The molecule has 0 bridgehead atoms. The van der Waals surface area contributed by atoms with Crippen LogP contribution < -0.4 is 5.32 Å². The van der Waals surface area contributed by atoms with Crippen molar-refractivity contribution in [1.82, 2.24) is 10.2 Å². The molecule has 1 saturated heterocycles. The van der Waals surface area contributed by atoms with Gasteiger partial charge in [0.25, 0.3) is 0 Å². The van der Waals surface area contributed by atoms with Gasteiger partial charge < -0.3 is 14.5 Å². The zero-order chi connectivity index (χ0) is 17.8. The Morgan fingerprint density at radius 1 is 1.08 bits per heavy atom. The van der Waals surface area contributed by atoms with Crippen molar-refractivity contribution in [3.8, 4) is 0 Å². The first-order valence-electron chi connectivity index (χ1n) is 8.90. The molecule has 1 aromatic heterocycles. The van der Waals surface area contributed by atoms with E-state index < -0.39 is 0 Å². The number of amides is 1. The predicted molar refractivity (Wildman–Crippen MR) is 105 cm³/mol. The lowest BCUT2D eigenvalue weighted by atomic mass is 10.1. The van der Waals surface area contributed by atoms with Gasteiger partial charge in [-0.1, -0.05) is 18.2 Å². The standard InChI is InChI=1S/C20H22N2O3S/c23-20(21-7-8-22-9-11-24-12-10-22)14-26-15-5-6-19-17(13-15)16-3-1-2-4-18(16)25-19/h1-6,13H,7-12,14H2,(H,21,23). The Balaban J connectivity index is 1.31. The molecule has 0 unspecified atom stereocenters. The number of carbonyl (C=O) groups excluding carboxylic acids is 1. The van der Waals surface area contributed by atoms with Crippen LogP contribution in [0.5, 0.6) is 0 Å². The summed E-state index contributed by atoms with van der Waals surface area (Å²) < 4.78 is 11.2. The molecule has 0 aliphatic carbocycles. The highest BCUT2D eigenvalue weighted by atomic mass is 32.2. The van der Waals surface area contributed by atoms with Gasteiger partial charge in [0.2, 0.25) is 5.91 Å². The molecular formula is C20H22N2O3S. The number of morpholine rings is 1. The summed E-state index contributed by atoms with van der Waals surface area (Å²) in [7, 11) is 0. The molecule has 0 spiro atoms. The van der Waals surface area contributed by atoms with Crippen molar-refractivity contribution in [3.05, 3.63) is 42.5 Å². The second-order valence-corrected chi connectivity index (χ2v) is 7.40. The highest BCUT2D eigenvalue weighted by Crippen LogP contribution is 2.31. The van der Waals surface area contributed by atoms with Crippen molar-refractivity contribution < 1.29 is 13.9 Å². The van der Waals surface area contributed by atoms with Crippen LogP contribution in [-0.2, 0) is 9.53 Å². The maximum atomic E-state index is 12.1. The van der Waals surface area contributed by atoms with Gasteiger partial charge in [-0.3, -0.25) is 9.69 Å². The number of carbonyl (C=O) groups is 1. The molecule has 4 rings (SSSR count). The fourth-order valence-corrected chi connectivity index (χ4v) is 3.94. The molecule has 3 aromatic rings. The van der Waals surface area contributed by atoms with Crippen molar-refractivity contribution >= 4 is 39.6 Å². The third kappa shape index (κ3) is 4.03. The summed E-state index contributed by atoms with van der Waals surface area (Å²) in [6.07, 6.45) is 0. The van der Waals surface area contributed by atoms with Gasteiger partial charge in [0.05, 0.1) is 19.0 Å². The number of benzene rings is 2. The van der Waals surface area contributed by atoms with Crippen LogP contribution in [-0.4, -0.2) is 56.0 Å². The molecule has 1 aliphatic rings. The SMILES string of the molecule is O=C(CSc1ccc2oc3ccccc3c2c1)NCCN1CCOCC1. The highest BCUT2D eigenvalue weighted by molar-refractivity contribution is 8.00. The Labute approximate surface area is 156 Å². The Hall–Kier alpha value is -2.02. The van der Waals surface area contributed by atoms with Crippen molar-refractivity contribution in [2.45, 2.75) is 4.90 Å². The quantitative estimate of drug-likeness (QED) is 0.676. The topological polar surface area (TPSA) is 54.7 Å². The number of nitrogens with zero attached hydrogens (tertiary/aromatic N) is 1. The van der Waals surface area contributed by atoms with E-state index in [-0.39, 0.29) is 5.91 Å². The highest BCUT2D eigenvalue weighted by Gasteiger charge is 2.11. The van der Waals surface area contributed by atoms with Crippen molar-refractivity contribution in [1.29, 1.82) is 0 Å². The fourth-order valence-electron chi connectivity index (χ4n) is 3.17. The molecule has 1 N–H and O–H groups in total. The number of hydrogen-bond acceptors (Lipinski definition) is 5. The van der Waals surface area contributed by atoms with E-state index in [2.05, 4.69) is 22.3 Å². The predicted octanol–water partition coefficient (Wildman–Crippen LogP) is 3.13. The van der Waals surface area contributed by atoms with E-state index in [0.29, 0.717) is 12.3 Å². The lowest BCUT2D eigenvalue weighted by Crippen LogP contribution is -2.41. The summed E-state index contributed by atoms with van der Waals surface area (Å²) in [5, 5.41) is 5.21. The largest absolute Gasteiger partial charge is 0.456 e. The van der Waals surface area contributed by atoms with E-state index >= 15 is 0 Å². The average Bonchev–Trinajstić information content (AvgIpc) is 3.05. The Morgan fingerprint density at radius 3 is 2.77 bits per heavy atom. The number of furan rings is 1. The Bertz CT molecular complexity index is 902. The Morgan fingerprint density at radius 2 is 1.88 bits per heavy atom. The molecular weight excluding hydrogens is 348 g/mol. The van der Waals surface area contributed by atoms with Crippen LogP contribution in [0, 0.1) is 0 Å². The molecule has 1 aliphatic heterocycles. The van der Waals surface area contributed by atoms with Gasteiger partial charge >= 0.3 is 0 Å². The smallest absolute Gasteiger partial charge is 0.230 e. The third-order valence-electron chi connectivity index (χ3n) is 4.57. The number of nitrogens with one attached hydrogen (secondary N) is 1. The Kier molecular flexibility index (Phi) is 5.43. The molecule has 0 atom stereocenters. The summed E-state index contributed by atoms with van der Waals surface area (Å²) in [5.41, 5.74) is 1.77. The van der Waals surface area contributed by atoms with E-state index in [1.807, 2.05) is 30.3 Å². The number of para-hydroxylation sites is 1. The molecule has 136 valence electrons. The van der Waals surface area contributed by atoms with Gasteiger partial charge in [-0.25, -0.2) is 0 Å². The average molecular weight is 370 g/mol. The van der Waals surface area contributed by atoms with Crippen LogP contribution in [0.25, 0.3) is 21.9 Å². The molecule has 2 aromatic carbocycles. The second-order valence-electron chi connectivity index (χ2n) is 6.35. The lowest BCUT2D eigenvalue weighted by molar-refractivity contribution is -0.118. The summed E-state index contributed by atoms with van der Waals surface area (Å²) >= 11 is 1.55. The molecule has 1 amide bonds. The molecule has 2 heterocycles. The van der Waals surface area contributed by atoms with Gasteiger partial charge in [0.1, 0.15) is 11.2 Å². The first kappa shape index (κ1) is 17.4. The zero-order valence-corrected chi connectivity index (χ0v) is 15.4. The van der Waals surface area contributed by atoms with Gasteiger partial charge in [-0.15, -0.1) is 11.8 Å². The third-order valence-corrected chi connectivity index (χ3v) is 5.57. The molecule has 0 saturated carbocycles. The molecule has 1 fully saturated rings. The van der Waals surface area contributed by atoms with E-state index in [0.717, 1.165) is 59.7 Å². The normalized spacial score (nSPS) is 15.5. The minimum Gasteiger partial charge on any atom is -0.456 e. The van der Waals surface area contributed by atoms with E-state index in [1.54, 1.807) is 11.8 Å². The van der Waals surface area contributed by atoms with Crippen LogP contribution in [0.1, 0.15) is 0 Å². The molecule has 6 heteroatoms. The molecule has 0 radical (unpaired) electrons. The van der Waals surface area contributed by atoms with Gasteiger partial charge in [-0.05, 0) is 24.3 Å². The number of fused-ring (bicyclic) bond motifs is 3. The van der Waals surface area contributed by atoms with E-state index in [4.69, 9.17) is 9.15 Å². The maximum Gasteiger partial charge on any atom is 0.230 e. The lowest BCUT2D eigenvalue weighted by Gasteiger charge is -2.26. The van der Waals surface area contributed by atoms with Gasteiger partial charge in [0.15, 0.2) is 0 Å². The van der Waals surface area contributed by atoms with Gasteiger partial charge in [0, 0.05) is 41.8 Å². The first-order valence-corrected chi connectivity index (χ1v) is 9.89. The van der Waals surface area contributed by atoms with E-state index in [1.165, 1.54) is 0 Å². The second kappa shape index (κ2) is 8.12. The summed E-state index contributed by atoms with van der Waals surface area (Å²) in [4.78, 5) is 15.5. The minimum atomic E-state index is 0.0698. The molecule has 5 nitrogen and oxygen atoms in total. The van der Waals surface area contributed by atoms with Gasteiger partial charge in [-0.2, -0.15) is 0 Å². The maximum absolute atomic E-state index is 12.1. The minimum absolute atomic E-state index is 0.0698. The summed E-state index contributed by atoms with van der Waals surface area (Å²) in [6, 6.07) is 14.1. The van der Waals surface area contributed by atoms with Crippen LogP contribution >= 0.6 is 11.8 Å². The number of hydrogen-bond donors (Lipinski definition) is 1. The summed E-state index contributed by atoms with van der Waals surface area (Å²) in [5.74, 6) is 0.491. The van der Waals surface area contributed by atoms with Crippen LogP contribution in [0.2, 0.25) is 0 Å². The van der Waals surface area contributed by atoms with Crippen molar-refractivity contribution in [3.63, 3.8) is 0 Å². The van der Waals surface area contributed by atoms with Crippen molar-refractivity contribution in [2.75, 3.05) is 45.1 Å². The monoisotopic (exact) mass is 370 g/mol. The molecule has 26 heavy (non-hydrogen) atoms.